The fourth-order valence-corrected chi connectivity index (χ4v) is 6.07. The van der Waals surface area contributed by atoms with Crippen molar-refractivity contribution in [1.82, 2.24) is 19.6 Å². The number of hydrogen-bond donors (Lipinski definition) is 4. The lowest BCUT2D eigenvalue weighted by molar-refractivity contribution is -0.662. The SMILES string of the molecule is CON=C(C(=O)N[C@@H]1C(=O)N2C(C(=O)O)=C(C[n+]3ccn4cccc(O)c43)CS[C@@H]12)c1csc(N)n1. The molecule has 5 N–H and O–H groups in total. The van der Waals surface area contributed by atoms with Gasteiger partial charge in [0.15, 0.2) is 10.8 Å². The molecule has 1 saturated heterocycles. The second-order valence-electron chi connectivity index (χ2n) is 7.86. The van der Waals surface area contributed by atoms with Gasteiger partial charge in [0.2, 0.25) is 5.75 Å². The van der Waals surface area contributed by atoms with Gasteiger partial charge >= 0.3 is 11.6 Å². The molecule has 0 radical (unpaired) electrons. The molecule has 3 aromatic heterocycles. The number of rotatable bonds is 7. The largest absolute Gasteiger partial charge is 0.501 e. The number of nitrogens with two attached hydrogens (primary N) is 1. The maximum atomic E-state index is 13.0. The average molecular weight is 531 g/mol. The Morgan fingerprint density at radius 2 is 2.22 bits per heavy atom. The van der Waals surface area contributed by atoms with E-state index in [1.54, 1.807) is 33.6 Å². The number of thiazole rings is 1. The minimum atomic E-state index is -1.25. The minimum Gasteiger partial charge on any atom is -0.501 e. The van der Waals surface area contributed by atoms with Gasteiger partial charge < -0.3 is 26.1 Å². The van der Waals surface area contributed by atoms with E-state index in [9.17, 15) is 24.6 Å². The lowest BCUT2D eigenvalue weighted by Gasteiger charge is -2.49. The van der Waals surface area contributed by atoms with Crippen LogP contribution in [0.4, 0.5) is 5.13 Å². The van der Waals surface area contributed by atoms with E-state index >= 15 is 0 Å². The third kappa shape index (κ3) is 3.91. The lowest BCUT2D eigenvalue weighted by Crippen LogP contribution is -2.71. The summed E-state index contributed by atoms with van der Waals surface area (Å²) in [7, 11) is 1.27. The molecule has 13 nitrogen and oxygen atoms in total. The first-order valence-corrected chi connectivity index (χ1v) is 12.4. The van der Waals surface area contributed by atoms with Crippen LogP contribution in [-0.4, -0.2) is 72.3 Å². The summed E-state index contributed by atoms with van der Waals surface area (Å²) in [4.78, 5) is 48.1. The summed E-state index contributed by atoms with van der Waals surface area (Å²) in [5, 5.41) is 27.7. The van der Waals surface area contributed by atoms with Gasteiger partial charge in [-0.3, -0.25) is 14.5 Å². The molecular formula is C21H20N7O6S2+. The monoisotopic (exact) mass is 530 g/mol. The molecule has 2 amide bonds. The predicted octanol–water partition coefficient (Wildman–Crippen LogP) is -0.240. The van der Waals surface area contributed by atoms with Gasteiger partial charge in [-0.25, -0.2) is 14.3 Å². The Balaban J connectivity index is 1.38. The highest BCUT2D eigenvalue weighted by molar-refractivity contribution is 8.00. The standard InChI is InChI=1S/C21H19N7O6S2/c1-34-25-13(11-9-36-21(22)23-11)16(30)24-14-18(31)28-15(20(32)33)10(8-35-19(14)28)7-27-6-5-26-4-2-3-12(29)17(26)27/h2-6,9,14,19H,7-8H2,1H3,(H4-,22,23,24,29,30,32,33)/p+1/t14-,19+/m1/s1. The number of carbonyl (C=O) groups is 3. The van der Waals surface area contributed by atoms with Crippen LogP contribution in [-0.2, 0) is 25.8 Å². The first-order valence-electron chi connectivity index (χ1n) is 10.5. The van der Waals surface area contributed by atoms with Crippen LogP contribution in [0.1, 0.15) is 5.69 Å². The average Bonchev–Trinajstić information content (AvgIpc) is 3.47. The van der Waals surface area contributed by atoms with Gasteiger partial charge in [0.05, 0.1) is 6.20 Å². The number of nitrogen functional groups attached to an aromatic ring is 1. The number of nitrogens with one attached hydrogen (secondary N) is 1. The molecule has 3 aromatic rings. The summed E-state index contributed by atoms with van der Waals surface area (Å²) in [6.45, 7) is 0.159. The third-order valence-corrected chi connectivity index (χ3v) is 7.73. The highest BCUT2D eigenvalue weighted by atomic mass is 32.2. The van der Waals surface area contributed by atoms with Crippen molar-refractivity contribution in [3.8, 4) is 5.75 Å². The molecule has 36 heavy (non-hydrogen) atoms. The molecule has 2 aliphatic heterocycles. The fraction of sp³-hybridized carbons (Fsp3) is 0.238. The second kappa shape index (κ2) is 9.16. The van der Waals surface area contributed by atoms with E-state index < -0.39 is 29.2 Å². The molecule has 0 saturated carbocycles. The molecule has 1 fully saturated rings. The van der Waals surface area contributed by atoms with Gasteiger partial charge in [-0.05, 0) is 12.1 Å². The van der Waals surface area contributed by atoms with Crippen molar-refractivity contribution in [2.45, 2.75) is 18.0 Å². The summed E-state index contributed by atoms with van der Waals surface area (Å²) < 4.78 is 3.43. The van der Waals surface area contributed by atoms with Crippen molar-refractivity contribution in [3.05, 3.63) is 53.1 Å². The zero-order valence-corrected chi connectivity index (χ0v) is 20.3. The molecule has 0 bridgehead atoms. The van der Waals surface area contributed by atoms with E-state index in [0.29, 0.717) is 17.0 Å². The van der Waals surface area contributed by atoms with Crippen LogP contribution in [0, 0.1) is 0 Å². The smallest absolute Gasteiger partial charge is 0.352 e. The summed E-state index contributed by atoms with van der Waals surface area (Å²) in [5.41, 5.74) is 6.56. The zero-order chi connectivity index (χ0) is 25.6. The van der Waals surface area contributed by atoms with Gasteiger partial charge in [-0.2, -0.15) is 4.40 Å². The number of aromatic hydroxyl groups is 1. The molecule has 2 atom stereocenters. The van der Waals surface area contributed by atoms with Gasteiger partial charge in [-0.1, -0.05) is 5.16 Å². The van der Waals surface area contributed by atoms with E-state index in [0.717, 1.165) is 11.3 Å². The van der Waals surface area contributed by atoms with Crippen LogP contribution in [0.3, 0.4) is 0 Å². The highest BCUT2D eigenvalue weighted by Gasteiger charge is 2.54. The Hall–Kier alpha value is -4.11. The van der Waals surface area contributed by atoms with Crippen LogP contribution in [0.5, 0.6) is 5.75 Å². The predicted molar refractivity (Wildman–Crippen MR) is 129 cm³/mol. The van der Waals surface area contributed by atoms with Crippen LogP contribution in [0.2, 0.25) is 0 Å². The minimum absolute atomic E-state index is 0.0412. The van der Waals surface area contributed by atoms with E-state index in [-0.39, 0.29) is 34.5 Å². The summed E-state index contributed by atoms with van der Waals surface area (Å²) >= 11 is 2.45. The Bertz CT molecular complexity index is 1460. The van der Waals surface area contributed by atoms with Crippen molar-refractivity contribution < 1.29 is 34.0 Å². The van der Waals surface area contributed by atoms with E-state index in [2.05, 4.69) is 15.5 Å². The Morgan fingerprint density at radius 1 is 1.42 bits per heavy atom. The number of hydrogen-bond acceptors (Lipinski definition) is 10. The van der Waals surface area contributed by atoms with Crippen molar-refractivity contribution in [2.24, 2.45) is 5.16 Å². The quantitative estimate of drug-likeness (QED) is 0.139. The summed E-state index contributed by atoms with van der Waals surface area (Å²) in [5.74, 6) is -2.15. The number of amides is 2. The number of carboxylic acid groups (broad SMARTS) is 1. The van der Waals surface area contributed by atoms with Crippen LogP contribution in [0.25, 0.3) is 5.65 Å². The number of fused-ring (bicyclic) bond motifs is 2. The second-order valence-corrected chi connectivity index (χ2v) is 9.86. The number of thioether (sulfide) groups is 1. The first-order chi connectivity index (χ1) is 17.3. The zero-order valence-electron chi connectivity index (χ0n) is 18.7. The number of pyridine rings is 1. The normalized spacial score (nSPS) is 19.8. The number of aromatic nitrogens is 3. The Kier molecular flexibility index (Phi) is 6.01. The molecule has 5 heterocycles. The van der Waals surface area contributed by atoms with E-state index in [1.807, 2.05) is 0 Å². The highest BCUT2D eigenvalue weighted by Crippen LogP contribution is 2.40. The van der Waals surface area contributed by atoms with E-state index in [4.69, 9.17) is 10.6 Å². The number of imidazole rings is 1. The van der Waals surface area contributed by atoms with Crippen molar-refractivity contribution in [3.63, 3.8) is 0 Å². The van der Waals surface area contributed by atoms with Crippen molar-refractivity contribution in [2.75, 3.05) is 18.6 Å². The van der Waals surface area contributed by atoms with Crippen LogP contribution < -0.4 is 15.6 Å². The Morgan fingerprint density at radius 3 is 2.92 bits per heavy atom. The molecule has 2 aliphatic rings. The van der Waals surface area contributed by atoms with Gasteiger partial charge in [0.1, 0.15) is 48.9 Å². The molecular weight excluding hydrogens is 510 g/mol. The van der Waals surface area contributed by atoms with Gasteiger partial charge in [0, 0.05) is 16.7 Å². The number of β-lactam (4-membered cyclic amide) rings is 1. The first kappa shape index (κ1) is 23.6. The number of carboxylic acids is 1. The molecule has 0 aromatic carbocycles. The van der Waals surface area contributed by atoms with Crippen LogP contribution in [0.15, 0.2) is 52.5 Å². The molecule has 15 heteroatoms. The fourth-order valence-electron chi connectivity index (χ4n) is 4.18. The molecule has 0 aliphatic carbocycles. The molecule has 5 rings (SSSR count). The number of aliphatic carboxylic acids is 1. The Labute approximate surface area is 211 Å². The van der Waals surface area contributed by atoms with Crippen LogP contribution >= 0.6 is 23.1 Å². The number of anilines is 1. The van der Waals surface area contributed by atoms with Gasteiger partial charge in [0.25, 0.3) is 11.8 Å². The third-order valence-electron chi connectivity index (χ3n) is 5.71. The van der Waals surface area contributed by atoms with Gasteiger partial charge in [-0.15, -0.1) is 23.1 Å². The lowest BCUT2D eigenvalue weighted by atomic mass is 10.0. The topological polar surface area (TPSA) is 176 Å². The number of nitrogens with zero attached hydrogens (tertiary/aromatic N) is 5. The van der Waals surface area contributed by atoms with E-state index in [1.165, 1.54) is 35.2 Å². The molecule has 186 valence electrons. The summed E-state index contributed by atoms with van der Waals surface area (Å²) in [6, 6.07) is 2.27. The van der Waals surface area contributed by atoms with Crippen molar-refractivity contribution in [1.29, 1.82) is 0 Å². The maximum Gasteiger partial charge on any atom is 0.352 e. The molecule has 0 unspecified atom stereocenters. The summed E-state index contributed by atoms with van der Waals surface area (Å²) in [6.07, 6.45) is 5.22. The number of carbonyl (C=O) groups excluding carboxylic acids is 2. The van der Waals surface area contributed by atoms with Crippen molar-refractivity contribution >= 4 is 57.4 Å². The maximum absolute atomic E-state index is 13.0. The number of oxime groups is 1. The molecule has 0 spiro atoms.